The van der Waals surface area contributed by atoms with Crippen LogP contribution in [0.1, 0.15) is 29.5 Å². The van der Waals surface area contributed by atoms with Gasteiger partial charge < -0.3 is 4.74 Å². The summed E-state index contributed by atoms with van der Waals surface area (Å²) in [6.07, 6.45) is 0.604. The van der Waals surface area contributed by atoms with Gasteiger partial charge in [0.05, 0.1) is 6.61 Å². The van der Waals surface area contributed by atoms with Crippen LogP contribution in [0.5, 0.6) is 0 Å². The van der Waals surface area contributed by atoms with Gasteiger partial charge in [-0.3, -0.25) is 0 Å². The highest BCUT2D eigenvalue weighted by Crippen LogP contribution is 2.00. The third-order valence-corrected chi connectivity index (χ3v) is 1.86. The molecule has 0 bridgehead atoms. The Kier molecular flexibility index (Phi) is 5.38. The van der Waals surface area contributed by atoms with E-state index in [1.165, 1.54) is 0 Å². The maximum Gasteiger partial charge on any atom is 0.356 e. The van der Waals surface area contributed by atoms with E-state index in [-0.39, 0.29) is 5.69 Å². The second kappa shape index (κ2) is 6.86. The molecule has 1 aromatic rings. The Morgan fingerprint density at radius 3 is 3.06 bits per heavy atom. The van der Waals surface area contributed by atoms with Crippen molar-refractivity contribution < 1.29 is 9.53 Å². The van der Waals surface area contributed by atoms with E-state index >= 15 is 0 Å². The minimum absolute atomic E-state index is 0.277. The molecule has 0 saturated heterocycles. The Morgan fingerprint density at radius 1 is 1.56 bits per heavy atom. The predicted octanol–water partition coefficient (Wildman–Crippen LogP) is 2.24. The molecule has 0 atom stereocenters. The average molecular weight is 238 g/mol. The maximum atomic E-state index is 11.4. The number of hydrogen-bond acceptors (Lipinski definition) is 3. The van der Waals surface area contributed by atoms with E-state index in [2.05, 4.69) is 16.8 Å². The number of esters is 1. The maximum absolute atomic E-state index is 11.4. The van der Waals surface area contributed by atoms with Gasteiger partial charge in [0.1, 0.15) is 11.4 Å². The molecule has 1 aromatic heterocycles. The van der Waals surface area contributed by atoms with E-state index in [9.17, 15) is 4.79 Å². The lowest BCUT2D eigenvalue weighted by Crippen LogP contribution is -2.07. The van der Waals surface area contributed by atoms with Crippen LogP contribution < -0.4 is 0 Å². The van der Waals surface area contributed by atoms with Crippen molar-refractivity contribution in [3.05, 3.63) is 29.6 Å². The third-order valence-electron chi connectivity index (χ3n) is 1.67. The number of aromatic nitrogens is 1. The largest absolute Gasteiger partial charge is 0.461 e. The number of halogens is 1. The average Bonchev–Trinajstić information content (AvgIpc) is 2.30. The van der Waals surface area contributed by atoms with E-state index in [1.54, 1.807) is 25.1 Å². The van der Waals surface area contributed by atoms with Gasteiger partial charge in [0, 0.05) is 12.3 Å². The highest BCUT2D eigenvalue weighted by Gasteiger charge is 2.07. The molecule has 0 aliphatic rings. The molecule has 3 nitrogen and oxygen atoms in total. The molecule has 0 aliphatic heterocycles. The zero-order chi connectivity index (χ0) is 11.8. The molecule has 4 heteroatoms. The van der Waals surface area contributed by atoms with Crippen molar-refractivity contribution in [2.75, 3.05) is 12.5 Å². The minimum Gasteiger partial charge on any atom is -0.461 e. The topological polar surface area (TPSA) is 39.2 Å². The van der Waals surface area contributed by atoms with E-state index in [0.29, 0.717) is 24.6 Å². The van der Waals surface area contributed by atoms with Crippen molar-refractivity contribution in [2.45, 2.75) is 13.3 Å². The Morgan fingerprint density at radius 2 is 2.38 bits per heavy atom. The van der Waals surface area contributed by atoms with Crippen LogP contribution in [0.4, 0.5) is 0 Å². The van der Waals surface area contributed by atoms with Crippen LogP contribution in [0.25, 0.3) is 0 Å². The number of ether oxygens (including phenoxy) is 1. The first-order valence-electron chi connectivity index (χ1n) is 4.97. The summed E-state index contributed by atoms with van der Waals surface area (Å²) in [4.78, 5) is 15.4. The molecule has 0 fully saturated rings. The van der Waals surface area contributed by atoms with Gasteiger partial charge in [0.2, 0.25) is 0 Å². The third kappa shape index (κ3) is 3.92. The fourth-order valence-corrected chi connectivity index (χ4v) is 1.12. The normalized spacial score (nSPS) is 9.12. The van der Waals surface area contributed by atoms with Gasteiger partial charge in [0.25, 0.3) is 0 Å². The Labute approximate surface area is 99.8 Å². The van der Waals surface area contributed by atoms with Crippen molar-refractivity contribution in [1.29, 1.82) is 0 Å². The molecule has 0 aliphatic carbocycles. The van der Waals surface area contributed by atoms with Gasteiger partial charge >= 0.3 is 5.97 Å². The summed E-state index contributed by atoms with van der Waals surface area (Å²) in [5.41, 5.74) is 0.829. The number of hydrogen-bond donors (Lipinski definition) is 0. The SMILES string of the molecule is CCOC(=O)c1cccc(C#CCCCl)n1. The van der Waals surface area contributed by atoms with Gasteiger partial charge in [-0.1, -0.05) is 12.0 Å². The highest BCUT2D eigenvalue weighted by molar-refractivity contribution is 6.18. The molecular weight excluding hydrogens is 226 g/mol. The number of carbonyl (C=O) groups is 1. The van der Waals surface area contributed by atoms with Crippen LogP contribution in [0.15, 0.2) is 18.2 Å². The second-order valence-electron chi connectivity index (χ2n) is 2.87. The fourth-order valence-electron chi connectivity index (χ4n) is 1.02. The molecule has 0 amide bonds. The quantitative estimate of drug-likeness (QED) is 0.460. The van der Waals surface area contributed by atoms with E-state index in [1.807, 2.05) is 0 Å². The molecule has 0 aromatic carbocycles. The molecule has 1 heterocycles. The Bertz CT molecular complexity index is 421. The van der Waals surface area contributed by atoms with Gasteiger partial charge in [-0.2, -0.15) is 0 Å². The Balaban J connectivity index is 2.79. The first kappa shape index (κ1) is 12.5. The first-order valence-corrected chi connectivity index (χ1v) is 5.50. The minimum atomic E-state index is -0.427. The van der Waals surface area contributed by atoms with Crippen molar-refractivity contribution in [1.82, 2.24) is 4.98 Å². The Hall–Kier alpha value is -1.53. The molecule has 0 saturated carbocycles. The summed E-state index contributed by atoms with van der Waals surface area (Å²) >= 11 is 5.49. The van der Waals surface area contributed by atoms with Crippen LogP contribution in [-0.4, -0.2) is 23.4 Å². The lowest BCUT2D eigenvalue weighted by molar-refractivity contribution is 0.0519. The van der Waals surface area contributed by atoms with Crippen LogP contribution in [-0.2, 0) is 4.74 Å². The summed E-state index contributed by atoms with van der Waals surface area (Å²) in [7, 11) is 0. The summed E-state index contributed by atoms with van der Waals surface area (Å²) in [6.45, 7) is 2.09. The zero-order valence-electron chi connectivity index (χ0n) is 9.00. The summed E-state index contributed by atoms with van der Waals surface area (Å²) in [5.74, 6) is 5.75. The van der Waals surface area contributed by atoms with Crippen LogP contribution in [0.2, 0.25) is 0 Å². The molecule has 0 radical (unpaired) electrons. The molecule has 0 N–H and O–H groups in total. The highest BCUT2D eigenvalue weighted by atomic mass is 35.5. The van der Waals surface area contributed by atoms with Crippen molar-refractivity contribution in [2.24, 2.45) is 0 Å². The second-order valence-corrected chi connectivity index (χ2v) is 3.25. The number of pyridine rings is 1. The van der Waals surface area contributed by atoms with Crippen molar-refractivity contribution in [3.63, 3.8) is 0 Å². The predicted molar refractivity (Wildman–Crippen MR) is 62.4 cm³/mol. The van der Waals surface area contributed by atoms with E-state index < -0.39 is 5.97 Å². The molecular formula is C12H12ClNO2. The van der Waals surface area contributed by atoms with E-state index in [4.69, 9.17) is 16.3 Å². The van der Waals surface area contributed by atoms with Crippen LogP contribution >= 0.6 is 11.6 Å². The summed E-state index contributed by atoms with van der Waals surface area (Å²) in [6, 6.07) is 5.07. The van der Waals surface area contributed by atoms with Crippen molar-refractivity contribution in [3.8, 4) is 11.8 Å². The van der Waals surface area contributed by atoms with Crippen LogP contribution in [0, 0.1) is 11.8 Å². The van der Waals surface area contributed by atoms with Crippen molar-refractivity contribution >= 4 is 17.6 Å². The van der Waals surface area contributed by atoms with E-state index in [0.717, 1.165) is 0 Å². The number of nitrogens with zero attached hydrogens (tertiary/aromatic N) is 1. The molecule has 0 spiro atoms. The fraction of sp³-hybridized carbons (Fsp3) is 0.333. The first-order chi connectivity index (χ1) is 7.77. The molecule has 0 unspecified atom stereocenters. The van der Waals surface area contributed by atoms with Gasteiger partial charge in [-0.25, -0.2) is 9.78 Å². The summed E-state index contributed by atoms with van der Waals surface area (Å²) in [5, 5.41) is 0. The van der Waals surface area contributed by atoms with Crippen LogP contribution in [0.3, 0.4) is 0 Å². The van der Waals surface area contributed by atoms with Gasteiger partial charge in [-0.05, 0) is 25.0 Å². The number of rotatable bonds is 3. The molecule has 1 rings (SSSR count). The lowest BCUT2D eigenvalue weighted by atomic mass is 10.3. The van der Waals surface area contributed by atoms with Gasteiger partial charge in [-0.15, -0.1) is 11.6 Å². The summed E-state index contributed by atoms with van der Waals surface area (Å²) < 4.78 is 4.84. The zero-order valence-corrected chi connectivity index (χ0v) is 9.75. The number of carbonyl (C=O) groups excluding carboxylic acids is 1. The number of alkyl halides is 1. The lowest BCUT2D eigenvalue weighted by Gasteiger charge is -2.00. The standard InChI is InChI=1S/C12H12ClNO2/c1-2-16-12(15)11-8-5-7-10(14-11)6-3-4-9-13/h5,7-8H,2,4,9H2,1H3. The monoisotopic (exact) mass is 237 g/mol. The van der Waals surface area contributed by atoms with Gasteiger partial charge in [0.15, 0.2) is 0 Å². The molecule has 16 heavy (non-hydrogen) atoms. The molecule has 84 valence electrons. The smallest absolute Gasteiger partial charge is 0.356 e.